The molecular weight excluding hydrogens is 360 g/mol. The van der Waals surface area contributed by atoms with Gasteiger partial charge in [0.2, 0.25) is 0 Å². The van der Waals surface area contributed by atoms with Crippen molar-refractivity contribution in [3.8, 4) is 11.5 Å². The second kappa shape index (κ2) is 28.7. The summed E-state index contributed by atoms with van der Waals surface area (Å²) in [6.07, 6.45) is 9.31. The lowest BCUT2D eigenvalue weighted by atomic mass is 9.98. The number of methoxy groups -OCH3 is 1. The maximum absolute atomic E-state index is 9.44. The fraction of sp³-hybridized carbons (Fsp3) is 0.731. The molecule has 0 fully saturated rings. The number of aryl methyl sites for hydroxylation is 1. The highest BCUT2D eigenvalue weighted by Crippen LogP contribution is 2.29. The fourth-order valence-corrected chi connectivity index (χ4v) is 2.33. The van der Waals surface area contributed by atoms with Crippen LogP contribution >= 0.6 is 0 Å². The molecule has 0 radical (unpaired) electrons. The first-order valence-electron chi connectivity index (χ1n) is 11.7. The average Bonchev–Trinajstić information content (AvgIpc) is 2.73. The molecule has 0 saturated carbocycles. The molecule has 0 heterocycles. The lowest BCUT2D eigenvalue weighted by Crippen LogP contribution is -1.93. The predicted molar refractivity (Wildman–Crippen MR) is 131 cm³/mol. The molecule has 0 unspecified atom stereocenters. The first kappa shape index (κ1) is 35.0. The zero-order chi connectivity index (χ0) is 23.7. The predicted octanol–water partition coefficient (Wildman–Crippen LogP) is 8.61. The molecule has 0 aromatic heterocycles. The van der Waals surface area contributed by atoms with Crippen LogP contribution in [-0.2, 0) is 11.2 Å². The zero-order valence-electron chi connectivity index (χ0n) is 21.5. The van der Waals surface area contributed by atoms with Crippen molar-refractivity contribution < 1.29 is 14.6 Å². The van der Waals surface area contributed by atoms with Crippen molar-refractivity contribution >= 4 is 5.78 Å². The second-order valence-electron chi connectivity index (χ2n) is 6.62. The molecule has 1 rings (SSSR count). The maximum atomic E-state index is 9.44. The second-order valence-corrected chi connectivity index (χ2v) is 6.62. The van der Waals surface area contributed by atoms with Crippen LogP contribution in [0.4, 0.5) is 0 Å². The van der Waals surface area contributed by atoms with E-state index in [1.807, 2.05) is 46.8 Å². The Bertz CT molecular complexity index is 430. The van der Waals surface area contributed by atoms with Gasteiger partial charge in [-0.2, -0.15) is 0 Å². The minimum absolute atomic E-state index is 0.167. The Morgan fingerprint density at radius 1 is 0.966 bits per heavy atom. The number of hydrogen-bond acceptors (Lipinski definition) is 3. The Labute approximate surface area is 183 Å². The third kappa shape index (κ3) is 26.5. The molecular formula is C26H52O3. The van der Waals surface area contributed by atoms with Gasteiger partial charge in [0.05, 0.1) is 7.11 Å². The van der Waals surface area contributed by atoms with E-state index < -0.39 is 0 Å². The summed E-state index contributed by atoms with van der Waals surface area (Å²) in [6.45, 7) is 20.0. The number of phenols is 1. The van der Waals surface area contributed by atoms with Crippen LogP contribution in [0.1, 0.15) is 113 Å². The molecule has 0 atom stereocenters. The number of ketones is 1. The van der Waals surface area contributed by atoms with E-state index in [9.17, 15) is 9.90 Å². The van der Waals surface area contributed by atoms with E-state index in [2.05, 4.69) is 20.8 Å². The van der Waals surface area contributed by atoms with Crippen LogP contribution in [0.5, 0.6) is 11.5 Å². The Hall–Kier alpha value is -1.51. The number of hydrogen-bond donors (Lipinski definition) is 1. The van der Waals surface area contributed by atoms with Gasteiger partial charge in [0.15, 0.2) is 11.5 Å². The monoisotopic (exact) mass is 412 g/mol. The van der Waals surface area contributed by atoms with Crippen molar-refractivity contribution in [3.05, 3.63) is 23.8 Å². The highest BCUT2D eigenvalue weighted by atomic mass is 16.5. The highest BCUT2D eigenvalue weighted by molar-refractivity contribution is 5.72. The molecule has 3 nitrogen and oxygen atoms in total. The number of unbranched alkanes of at least 4 members (excludes halogenated alkanes) is 2. The smallest absolute Gasteiger partial charge is 0.163 e. The molecule has 0 aliphatic rings. The normalized spacial score (nSPS) is 8.69. The molecule has 3 heteroatoms. The van der Waals surface area contributed by atoms with Crippen molar-refractivity contribution in [1.82, 2.24) is 0 Å². The Kier molecular flexibility index (Phi) is 34.6. The number of ether oxygens (including phenoxy) is 1. The van der Waals surface area contributed by atoms with Crippen molar-refractivity contribution in [2.75, 3.05) is 7.11 Å². The summed E-state index contributed by atoms with van der Waals surface area (Å²) in [5.41, 5.74) is 1.03. The summed E-state index contributed by atoms with van der Waals surface area (Å²) in [6, 6.07) is 5.38. The standard InChI is InChI=1S/C10H22.C9H12O2.C3H6O.2C2H6/c1-4-6-8-10(3)9-7-5-2;1-3-7-5-4-6-8(10)9(7)11-2;1-3(2)4;2*1-2/h10H,4-9H2,1-3H3;4-6,10H,3H2,1-2H3;1-2H3;2*1-2H3. The minimum Gasteiger partial charge on any atom is -0.504 e. The Morgan fingerprint density at radius 3 is 1.66 bits per heavy atom. The van der Waals surface area contributed by atoms with E-state index in [4.69, 9.17) is 4.74 Å². The van der Waals surface area contributed by atoms with Crippen LogP contribution < -0.4 is 4.74 Å². The molecule has 0 aliphatic heterocycles. The van der Waals surface area contributed by atoms with E-state index in [0.717, 1.165) is 17.9 Å². The molecule has 174 valence electrons. The number of phenolic OH excluding ortho intramolecular Hbond substituents is 1. The van der Waals surface area contributed by atoms with Crippen LogP contribution in [0.3, 0.4) is 0 Å². The Morgan fingerprint density at radius 2 is 1.38 bits per heavy atom. The first-order chi connectivity index (χ1) is 13.8. The quantitative estimate of drug-likeness (QED) is 0.465. The minimum atomic E-state index is 0.167. The van der Waals surface area contributed by atoms with Gasteiger partial charge in [-0.05, 0) is 37.8 Å². The third-order valence-corrected chi connectivity index (χ3v) is 3.76. The number of para-hydroxylation sites is 1. The summed E-state index contributed by atoms with van der Waals surface area (Å²) >= 11 is 0. The maximum Gasteiger partial charge on any atom is 0.163 e. The van der Waals surface area contributed by atoms with Crippen molar-refractivity contribution in [3.63, 3.8) is 0 Å². The van der Waals surface area contributed by atoms with Gasteiger partial charge in [0.25, 0.3) is 0 Å². The topological polar surface area (TPSA) is 46.5 Å². The Balaban J connectivity index is -0.000000160. The highest BCUT2D eigenvalue weighted by Gasteiger charge is 2.04. The lowest BCUT2D eigenvalue weighted by Gasteiger charge is -2.08. The number of carbonyl (C=O) groups excluding carboxylic acids is 1. The SMILES string of the molecule is CC.CC.CC(C)=O.CCCCC(C)CCCC.CCc1cccc(O)c1OC. The number of aromatic hydroxyl groups is 1. The molecule has 29 heavy (non-hydrogen) atoms. The molecule has 0 aliphatic carbocycles. The average molecular weight is 413 g/mol. The van der Waals surface area contributed by atoms with Gasteiger partial charge in [0.1, 0.15) is 5.78 Å². The van der Waals surface area contributed by atoms with E-state index >= 15 is 0 Å². The summed E-state index contributed by atoms with van der Waals surface area (Å²) in [7, 11) is 1.56. The fourth-order valence-electron chi connectivity index (χ4n) is 2.33. The van der Waals surface area contributed by atoms with E-state index in [0.29, 0.717) is 5.75 Å². The van der Waals surface area contributed by atoms with Crippen LogP contribution in [0.2, 0.25) is 0 Å². The largest absolute Gasteiger partial charge is 0.504 e. The molecule has 0 amide bonds. The summed E-state index contributed by atoms with van der Waals surface area (Å²) < 4.78 is 5.02. The zero-order valence-corrected chi connectivity index (χ0v) is 21.5. The van der Waals surface area contributed by atoms with Gasteiger partial charge in [-0.15, -0.1) is 0 Å². The van der Waals surface area contributed by atoms with Crippen molar-refractivity contribution in [2.45, 2.75) is 114 Å². The van der Waals surface area contributed by atoms with Crippen molar-refractivity contribution in [1.29, 1.82) is 0 Å². The van der Waals surface area contributed by atoms with E-state index in [-0.39, 0.29) is 11.5 Å². The van der Waals surface area contributed by atoms with Crippen LogP contribution in [0.15, 0.2) is 18.2 Å². The molecule has 0 bridgehead atoms. The molecule has 0 saturated heterocycles. The van der Waals surface area contributed by atoms with E-state index in [1.165, 1.54) is 52.4 Å². The molecule has 0 spiro atoms. The van der Waals surface area contributed by atoms with Gasteiger partial charge >= 0.3 is 0 Å². The van der Waals surface area contributed by atoms with Gasteiger partial charge in [-0.3, -0.25) is 0 Å². The number of benzene rings is 1. The van der Waals surface area contributed by atoms with Gasteiger partial charge in [-0.25, -0.2) is 0 Å². The number of rotatable bonds is 8. The van der Waals surface area contributed by atoms with Crippen molar-refractivity contribution in [2.24, 2.45) is 5.92 Å². The first-order valence-corrected chi connectivity index (χ1v) is 11.7. The summed E-state index contributed by atoms with van der Waals surface area (Å²) in [5, 5.41) is 9.30. The molecule has 1 N–H and O–H groups in total. The van der Waals surface area contributed by atoms with E-state index in [1.54, 1.807) is 13.2 Å². The van der Waals surface area contributed by atoms with Crippen LogP contribution in [0, 0.1) is 5.92 Å². The van der Waals surface area contributed by atoms with Crippen LogP contribution in [0.25, 0.3) is 0 Å². The van der Waals surface area contributed by atoms with Gasteiger partial charge in [0, 0.05) is 0 Å². The molecule has 1 aromatic carbocycles. The lowest BCUT2D eigenvalue weighted by molar-refractivity contribution is -0.114. The number of Topliss-reactive ketones (excluding diaryl/α,β-unsaturated/α-hetero) is 1. The summed E-state index contributed by atoms with van der Waals surface area (Å²) in [4.78, 5) is 9.44. The van der Waals surface area contributed by atoms with Gasteiger partial charge in [-0.1, -0.05) is 106 Å². The summed E-state index contributed by atoms with van der Waals surface area (Å²) in [5.74, 6) is 1.95. The van der Waals surface area contributed by atoms with Gasteiger partial charge < -0.3 is 14.6 Å². The third-order valence-electron chi connectivity index (χ3n) is 3.76. The number of carbonyl (C=O) groups is 1. The van der Waals surface area contributed by atoms with Crippen LogP contribution in [-0.4, -0.2) is 18.0 Å². The molecule has 1 aromatic rings.